The molecule has 0 radical (unpaired) electrons. The number of nitrogens with one attached hydrogen (secondary N) is 1. The lowest BCUT2D eigenvalue weighted by Crippen LogP contribution is -2.55. The summed E-state index contributed by atoms with van der Waals surface area (Å²) in [5.74, 6) is -0.317. The Morgan fingerprint density at radius 3 is 2.14 bits per heavy atom. The van der Waals surface area contributed by atoms with Crippen LogP contribution >= 0.6 is 23.2 Å². The molecule has 50 heavy (non-hydrogen) atoms. The molecular formula is C38H41Cl2N3O6S. The molecule has 1 aliphatic rings. The van der Waals surface area contributed by atoms with Gasteiger partial charge in [-0.15, -0.1) is 0 Å². The first kappa shape index (κ1) is 37.0. The number of rotatable bonds is 14. The first-order chi connectivity index (χ1) is 24.1. The molecule has 1 saturated carbocycles. The summed E-state index contributed by atoms with van der Waals surface area (Å²) in [6.45, 7) is -0.597. The first-order valence-corrected chi connectivity index (χ1v) is 18.7. The molecule has 4 aromatic carbocycles. The van der Waals surface area contributed by atoms with Crippen LogP contribution in [0.15, 0.2) is 102 Å². The molecule has 1 N–H and O–H groups in total. The highest BCUT2D eigenvalue weighted by Crippen LogP contribution is 2.33. The number of anilines is 1. The Bertz CT molecular complexity index is 1870. The topological polar surface area (TPSA) is 105 Å². The van der Waals surface area contributed by atoms with Crippen LogP contribution in [-0.2, 0) is 32.6 Å². The fourth-order valence-electron chi connectivity index (χ4n) is 6.17. The number of sulfonamides is 1. The Kier molecular flexibility index (Phi) is 12.7. The zero-order valence-corrected chi connectivity index (χ0v) is 30.4. The van der Waals surface area contributed by atoms with Gasteiger partial charge in [0.2, 0.25) is 11.8 Å². The van der Waals surface area contributed by atoms with E-state index in [1.165, 1.54) is 49.5 Å². The van der Waals surface area contributed by atoms with Crippen molar-refractivity contribution < 1.29 is 27.5 Å². The number of hydrogen-bond acceptors (Lipinski definition) is 6. The van der Waals surface area contributed by atoms with E-state index in [1.807, 2.05) is 36.4 Å². The van der Waals surface area contributed by atoms with Crippen molar-refractivity contribution in [3.8, 4) is 11.5 Å². The Hall–Kier alpha value is -4.25. The third-order valence-corrected chi connectivity index (χ3v) is 11.1. The zero-order valence-electron chi connectivity index (χ0n) is 28.1. The fraction of sp³-hybridized carbons (Fsp3) is 0.316. The third-order valence-electron chi connectivity index (χ3n) is 8.80. The van der Waals surface area contributed by atoms with Crippen molar-refractivity contribution in [2.24, 2.45) is 0 Å². The maximum atomic E-state index is 14.7. The minimum Gasteiger partial charge on any atom is -0.493 e. The summed E-state index contributed by atoms with van der Waals surface area (Å²) in [6, 6.07) is 26.0. The van der Waals surface area contributed by atoms with Crippen molar-refractivity contribution in [1.82, 2.24) is 10.2 Å². The highest BCUT2D eigenvalue weighted by Gasteiger charge is 2.36. The van der Waals surface area contributed by atoms with E-state index in [4.69, 9.17) is 32.7 Å². The van der Waals surface area contributed by atoms with Crippen LogP contribution in [0.5, 0.6) is 11.5 Å². The Labute approximate surface area is 304 Å². The number of amides is 2. The molecule has 1 atom stereocenters. The van der Waals surface area contributed by atoms with E-state index >= 15 is 0 Å². The van der Waals surface area contributed by atoms with Crippen LogP contribution < -0.4 is 19.1 Å². The van der Waals surface area contributed by atoms with Crippen molar-refractivity contribution >= 4 is 50.7 Å². The lowest BCUT2D eigenvalue weighted by Gasteiger charge is -2.35. The summed E-state index contributed by atoms with van der Waals surface area (Å²) in [6.07, 6.45) is 5.09. The van der Waals surface area contributed by atoms with Crippen LogP contribution in [0.4, 0.5) is 5.69 Å². The average Bonchev–Trinajstić information content (AvgIpc) is 3.12. The second-order valence-electron chi connectivity index (χ2n) is 12.2. The summed E-state index contributed by atoms with van der Waals surface area (Å²) >= 11 is 12.5. The van der Waals surface area contributed by atoms with Gasteiger partial charge in [-0.1, -0.05) is 84.9 Å². The van der Waals surface area contributed by atoms with Gasteiger partial charge in [0, 0.05) is 35.1 Å². The van der Waals surface area contributed by atoms with Gasteiger partial charge in [0.15, 0.2) is 11.5 Å². The van der Waals surface area contributed by atoms with E-state index in [2.05, 4.69) is 5.32 Å². The van der Waals surface area contributed by atoms with Gasteiger partial charge in [-0.05, 0) is 72.5 Å². The van der Waals surface area contributed by atoms with E-state index in [-0.39, 0.29) is 41.2 Å². The Balaban J connectivity index is 1.58. The summed E-state index contributed by atoms with van der Waals surface area (Å²) in [7, 11) is -1.51. The van der Waals surface area contributed by atoms with Crippen molar-refractivity contribution in [2.75, 3.05) is 25.1 Å². The molecule has 12 heteroatoms. The number of benzene rings is 4. The fourth-order valence-corrected chi connectivity index (χ4v) is 7.94. The molecule has 0 aliphatic heterocycles. The molecule has 0 aromatic heterocycles. The van der Waals surface area contributed by atoms with E-state index in [1.54, 1.807) is 30.3 Å². The van der Waals surface area contributed by atoms with Crippen LogP contribution in [0.25, 0.3) is 0 Å². The molecule has 264 valence electrons. The van der Waals surface area contributed by atoms with Crippen LogP contribution in [0.3, 0.4) is 0 Å². The van der Waals surface area contributed by atoms with Crippen molar-refractivity contribution in [2.45, 2.75) is 62.0 Å². The largest absolute Gasteiger partial charge is 0.493 e. The lowest BCUT2D eigenvalue weighted by molar-refractivity contribution is -0.140. The van der Waals surface area contributed by atoms with Crippen LogP contribution in [0.2, 0.25) is 10.0 Å². The van der Waals surface area contributed by atoms with Gasteiger partial charge in [0.25, 0.3) is 10.0 Å². The minimum atomic E-state index is -4.37. The SMILES string of the molecule is COc1ccc(S(=O)(=O)N(CC(=O)N(Cc2cccc(Cl)c2)[C@H](Cc2ccccc2)C(=O)NC2CCCCC2)c2ccc(Cl)cc2)cc1OC. The van der Waals surface area contributed by atoms with E-state index in [0.717, 1.165) is 42.0 Å². The standard InChI is InChI=1S/C38H41Cl2N3O6S/c1-48-35-21-20-33(24-36(35)49-2)50(46,47)43(32-18-16-29(39)17-19-32)26-37(44)42(25-28-12-9-13-30(40)22-28)34(23-27-10-5-3-6-11-27)38(45)41-31-14-7-4-8-15-31/h3,5-6,9-13,16-22,24,31,34H,4,7-8,14-15,23,25-26H2,1-2H3,(H,41,45)/t34-/m1/s1. The van der Waals surface area contributed by atoms with Gasteiger partial charge in [0.05, 0.1) is 24.8 Å². The van der Waals surface area contributed by atoms with Gasteiger partial charge < -0.3 is 19.7 Å². The van der Waals surface area contributed by atoms with Crippen molar-refractivity contribution in [3.63, 3.8) is 0 Å². The second-order valence-corrected chi connectivity index (χ2v) is 14.9. The van der Waals surface area contributed by atoms with E-state index < -0.39 is 28.5 Å². The van der Waals surface area contributed by atoms with Gasteiger partial charge in [0.1, 0.15) is 12.6 Å². The molecule has 4 aromatic rings. The smallest absolute Gasteiger partial charge is 0.264 e. The molecule has 0 bridgehead atoms. The molecule has 0 spiro atoms. The number of ether oxygens (including phenoxy) is 2. The maximum absolute atomic E-state index is 14.7. The quantitative estimate of drug-likeness (QED) is 0.146. The number of nitrogens with zero attached hydrogens (tertiary/aromatic N) is 2. The van der Waals surface area contributed by atoms with Crippen LogP contribution in [0.1, 0.15) is 43.2 Å². The van der Waals surface area contributed by atoms with E-state index in [9.17, 15) is 18.0 Å². The van der Waals surface area contributed by atoms with Gasteiger partial charge >= 0.3 is 0 Å². The molecule has 0 unspecified atom stereocenters. The Morgan fingerprint density at radius 1 is 0.800 bits per heavy atom. The van der Waals surface area contributed by atoms with Crippen LogP contribution in [-0.4, -0.2) is 58.0 Å². The summed E-state index contributed by atoms with van der Waals surface area (Å²) < 4.78 is 40.6. The molecule has 1 aliphatic carbocycles. The number of carbonyl (C=O) groups excluding carboxylic acids is 2. The molecular weight excluding hydrogens is 697 g/mol. The van der Waals surface area contributed by atoms with Gasteiger partial charge in [-0.25, -0.2) is 8.42 Å². The molecule has 5 rings (SSSR count). The number of hydrogen-bond donors (Lipinski definition) is 1. The van der Waals surface area contributed by atoms with Gasteiger partial charge in [-0.3, -0.25) is 13.9 Å². The predicted molar refractivity (Wildman–Crippen MR) is 196 cm³/mol. The third kappa shape index (κ3) is 9.29. The summed E-state index contributed by atoms with van der Waals surface area (Å²) in [5, 5.41) is 4.08. The molecule has 0 heterocycles. The van der Waals surface area contributed by atoms with Gasteiger partial charge in [-0.2, -0.15) is 0 Å². The maximum Gasteiger partial charge on any atom is 0.264 e. The number of methoxy groups -OCH3 is 2. The molecule has 9 nitrogen and oxygen atoms in total. The predicted octanol–water partition coefficient (Wildman–Crippen LogP) is 7.29. The first-order valence-electron chi connectivity index (χ1n) is 16.5. The highest BCUT2D eigenvalue weighted by molar-refractivity contribution is 7.92. The summed E-state index contributed by atoms with van der Waals surface area (Å²) in [5.41, 5.74) is 1.76. The normalized spacial score (nSPS) is 14.0. The van der Waals surface area contributed by atoms with Crippen LogP contribution in [0, 0.1) is 0 Å². The molecule has 2 amide bonds. The molecule has 1 fully saturated rings. The lowest BCUT2D eigenvalue weighted by atomic mass is 9.94. The van der Waals surface area contributed by atoms with Crippen molar-refractivity contribution in [3.05, 3.63) is 118 Å². The minimum absolute atomic E-state index is 0.00589. The Morgan fingerprint density at radius 2 is 1.48 bits per heavy atom. The monoisotopic (exact) mass is 737 g/mol. The zero-order chi connectivity index (χ0) is 35.7. The average molecular weight is 739 g/mol. The number of halogens is 2. The summed E-state index contributed by atoms with van der Waals surface area (Å²) in [4.78, 5) is 30.4. The second kappa shape index (κ2) is 17.1. The highest BCUT2D eigenvalue weighted by atomic mass is 35.5. The van der Waals surface area contributed by atoms with Crippen molar-refractivity contribution in [1.29, 1.82) is 0 Å². The van der Waals surface area contributed by atoms with E-state index in [0.29, 0.717) is 21.4 Å². The number of carbonyl (C=O) groups is 2. The molecule has 0 saturated heterocycles.